The summed E-state index contributed by atoms with van der Waals surface area (Å²) >= 11 is 11.9. The molecule has 0 heterocycles. The average Bonchev–Trinajstić information content (AvgIpc) is 2.78. The lowest BCUT2D eigenvalue weighted by molar-refractivity contribution is -0.128. The Balaban J connectivity index is 1.54. The van der Waals surface area contributed by atoms with Gasteiger partial charge >= 0.3 is 0 Å². The van der Waals surface area contributed by atoms with Crippen molar-refractivity contribution in [2.75, 3.05) is 13.1 Å². The molecule has 0 radical (unpaired) electrons. The summed E-state index contributed by atoms with van der Waals surface area (Å²) in [6.45, 7) is 8.41. The number of ether oxygens (including phenoxy) is 2. The van der Waals surface area contributed by atoms with E-state index in [2.05, 4.69) is 10.6 Å². The first kappa shape index (κ1) is 27.8. The zero-order chi connectivity index (χ0) is 25.1. The van der Waals surface area contributed by atoms with Gasteiger partial charge in [0, 0.05) is 23.1 Å². The molecule has 2 unspecified atom stereocenters. The Bertz CT molecular complexity index is 890. The van der Waals surface area contributed by atoms with Gasteiger partial charge in [0.25, 0.3) is 11.8 Å². The van der Waals surface area contributed by atoms with Gasteiger partial charge in [0.2, 0.25) is 0 Å². The molecule has 0 saturated carbocycles. The van der Waals surface area contributed by atoms with E-state index in [-0.39, 0.29) is 11.8 Å². The van der Waals surface area contributed by atoms with Gasteiger partial charge in [-0.15, -0.1) is 0 Å². The summed E-state index contributed by atoms with van der Waals surface area (Å²) < 4.78 is 11.5. The summed E-state index contributed by atoms with van der Waals surface area (Å²) in [6, 6.07) is 10.6. The Morgan fingerprint density at radius 3 is 1.47 bits per heavy atom. The number of halogens is 2. The molecule has 0 bridgehead atoms. The first-order chi connectivity index (χ1) is 16.2. The number of amides is 2. The van der Waals surface area contributed by atoms with Gasteiger partial charge in [0.05, 0.1) is 0 Å². The molecule has 0 aromatic heterocycles. The van der Waals surface area contributed by atoms with Crippen LogP contribution in [-0.2, 0) is 9.59 Å². The van der Waals surface area contributed by atoms with E-state index < -0.39 is 12.2 Å². The van der Waals surface area contributed by atoms with Crippen molar-refractivity contribution in [3.05, 3.63) is 57.6 Å². The van der Waals surface area contributed by atoms with Crippen LogP contribution in [0.4, 0.5) is 0 Å². The van der Waals surface area contributed by atoms with Crippen molar-refractivity contribution in [3.8, 4) is 11.5 Å². The van der Waals surface area contributed by atoms with Crippen LogP contribution in [0.15, 0.2) is 36.4 Å². The van der Waals surface area contributed by atoms with Crippen LogP contribution in [0.3, 0.4) is 0 Å². The van der Waals surface area contributed by atoms with Crippen molar-refractivity contribution in [1.29, 1.82) is 0 Å². The summed E-state index contributed by atoms with van der Waals surface area (Å²) in [6.07, 6.45) is 2.46. The predicted molar refractivity (Wildman–Crippen MR) is 137 cm³/mol. The highest BCUT2D eigenvalue weighted by Crippen LogP contribution is 2.23. The first-order valence-corrected chi connectivity index (χ1v) is 12.3. The van der Waals surface area contributed by atoms with E-state index in [0.29, 0.717) is 34.6 Å². The van der Waals surface area contributed by atoms with E-state index >= 15 is 0 Å². The Morgan fingerprint density at radius 1 is 0.735 bits per heavy atom. The lowest BCUT2D eigenvalue weighted by Crippen LogP contribution is -2.37. The van der Waals surface area contributed by atoms with Gasteiger partial charge in [-0.3, -0.25) is 9.59 Å². The maximum Gasteiger partial charge on any atom is 0.260 e. The molecule has 2 N–H and O–H groups in total. The molecule has 0 aliphatic carbocycles. The van der Waals surface area contributed by atoms with E-state index in [4.69, 9.17) is 32.7 Å². The summed E-state index contributed by atoms with van der Waals surface area (Å²) in [5, 5.41) is 7.08. The van der Waals surface area contributed by atoms with Crippen LogP contribution in [0.1, 0.15) is 50.7 Å². The average molecular weight is 509 g/mol. The Labute approximate surface area is 212 Å². The fraction of sp³-hybridized carbons (Fsp3) is 0.462. The third kappa shape index (κ3) is 9.43. The highest BCUT2D eigenvalue weighted by atomic mass is 35.5. The lowest BCUT2D eigenvalue weighted by atomic mass is 10.2. The number of hydrogen-bond acceptors (Lipinski definition) is 4. The van der Waals surface area contributed by atoms with Crippen LogP contribution in [0.2, 0.25) is 10.0 Å². The van der Waals surface area contributed by atoms with E-state index in [9.17, 15) is 9.59 Å². The maximum absolute atomic E-state index is 12.2. The van der Waals surface area contributed by atoms with Gasteiger partial charge in [-0.1, -0.05) is 36.0 Å². The topological polar surface area (TPSA) is 76.7 Å². The molecular weight excluding hydrogens is 475 g/mol. The van der Waals surface area contributed by atoms with Crippen molar-refractivity contribution in [2.24, 2.45) is 0 Å². The van der Waals surface area contributed by atoms with Crippen LogP contribution in [0.25, 0.3) is 0 Å². The van der Waals surface area contributed by atoms with E-state index in [1.165, 1.54) is 0 Å². The summed E-state index contributed by atoms with van der Waals surface area (Å²) in [7, 11) is 0. The number of carbonyl (C=O) groups is 2. The van der Waals surface area contributed by atoms with E-state index in [0.717, 1.165) is 36.8 Å². The Hall–Kier alpha value is -2.44. The molecule has 8 heteroatoms. The molecule has 0 fully saturated rings. The molecule has 2 aromatic carbocycles. The van der Waals surface area contributed by atoms with Gasteiger partial charge in [0.15, 0.2) is 12.2 Å². The van der Waals surface area contributed by atoms with Crippen molar-refractivity contribution in [1.82, 2.24) is 10.6 Å². The second-order valence-corrected chi connectivity index (χ2v) is 9.21. The molecule has 0 spiro atoms. The number of unbranched alkanes of at least 4 members (excludes halogenated alkanes) is 3. The quantitative estimate of drug-likeness (QED) is 0.343. The molecule has 0 saturated heterocycles. The highest BCUT2D eigenvalue weighted by molar-refractivity contribution is 6.31. The monoisotopic (exact) mass is 508 g/mol. The fourth-order valence-corrected chi connectivity index (χ4v) is 3.75. The van der Waals surface area contributed by atoms with E-state index in [1.807, 2.05) is 13.8 Å². The fourth-order valence-electron chi connectivity index (χ4n) is 3.29. The van der Waals surface area contributed by atoms with Crippen LogP contribution in [0.5, 0.6) is 11.5 Å². The minimum absolute atomic E-state index is 0.147. The number of hydrogen-bond donors (Lipinski definition) is 2. The number of carbonyl (C=O) groups excluding carboxylic acids is 2. The maximum atomic E-state index is 12.2. The molecule has 2 rings (SSSR count). The molecule has 2 aromatic rings. The molecule has 2 amide bonds. The number of nitrogens with one attached hydrogen (secondary N) is 2. The van der Waals surface area contributed by atoms with Gasteiger partial charge < -0.3 is 20.1 Å². The molecule has 6 nitrogen and oxygen atoms in total. The summed E-state index contributed by atoms with van der Waals surface area (Å²) in [5.41, 5.74) is 1.78. The minimum atomic E-state index is -0.587. The second kappa shape index (κ2) is 14.1. The Morgan fingerprint density at radius 2 is 1.12 bits per heavy atom. The molecule has 2 atom stereocenters. The molecule has 34 heavy (non-hydrogen) atoms. The normalized spacial score (nSPS) is 12.5. The SMILES string of the molecule is Cc1cc(Cl)ccc1OC(C)C(=O)NCCCCCCNC(=O)C(C)Oc1ccc(Cl)cc1C. The van der Waals surface area contributed by atoms with Crippen LogP contribution >= 0.6 is 23.2 Å². The van der Waals surface area contributed by atoms with Crippen LogP contribution < -0.4 is 20.1 Å². The third-order valence-corrected chi connectivity index (χ3v) is 5.79. The predicted octanol–water partition coefficient (Wildman–Crippen LogP) is 5.64. The summed E-state index contributed by atoms with van der Waals surface area (Å²) in [5.74, 6) is 1.01. The number of rotatable bonds is 13. The Kier molecular flexibility index (Phi) is 11.5. The number of aryl methyl sites for hydroxylation is 2. The molecule has 0 aliphatic heterocycles. The zero-order valence-corrected chi connectivity index (χ0v) is 21.8. The van der Waals surface area contributed by atoms with Gasteiger partial charge in [0.1, 0.15) is 11.5 Å². The van der Waals surface area contributed by atoms with Crippen LogP contribution in [-0.4, -0.2) is 37.1 Å². The lowest BCUT2D eigenvalue weighted by Gasteiger charge is -2.17. The van der Waals surface area contributed by atoms with Gasteiger partial charge in [-0.25, -0.2) is 0 Å². The smallest absolute Gasteiger partial charge is 0.260 e. The van der Waals surface area contributed by atoms with E-state index in [1.54, 1.807) is 50.2 Å². The van der Waals surface area contributed by atoms with Gasteiger partial charge in [-0.05, 0) is 88.1 Å². The third-order valence-electron chi connectivity index (χ3n) is 5.32. The first-order valence-electron chi connectivity index (χ1n) is 11.6. The van der Waals surface area contributed by atoms with Crippen molar-refractivity contribution in [3.63, 3.8) is 0 Å². The zero-order valence-electron chi connectivity index (χ0n) is 20.3. The number of benzene rings is 2. The van der Waals surface area contributed by atoms with Crippen molar-refractivity contribution in [2.45, 2.75) is 65.6 Å². The van der Waals surface area contributed by atoms with Crippen molar-refractivity contribution >= 4 is 35.0 Å². The minimum Gasteiger partial charge on any atom is -0.481 e. The largest absolute Gasteiger partial charge is 0.481 e. The summed E-state index contributed by atoms with van der Waals surface area (Å²) in [4.78, 5) is 24.5. The highest BCUT2D eigenvalue weighted by Gasteiger charge is 2.16. The molecular formula is C26H34Cl2N2O4. The standard InChI is InChI=1S/C26H34Cl2N2O4/c1-17-15-21(27)9-11-23(17)33-19(3)25(31)29-13-7-5-6-8-14-30-26(32)20(4)34-24-12-10-22(28)16-18(24)2/h9-12,15-16,19-20H,5-8,13-14H2,1-4H3,(H,29,31)(H,30,32). The second-order valence-electron chi connectivity index (χ2n) is 8.34. The van der Waals surface area contributed by atoms with Crippen molar-refractivity contribution < 1.29 is 19.1 Å². The molecule has 186 valence electrons. The van der Waals surface area contributed by atoms with Gasteiger partial charge in [-0.2, -0.15) is 0 Å². The van der Waals surface area contributed by atoms with Crippen LogP contribution in [0, 0.1) is 13.8 Å². The molecule has 0 aliphatic rings.